The molecular formula is C21H22N2O4S. The third kappa shape index (κ3) is 3.26. The molecule has 1 saturated heterocycles. The Morgan fingerprint density at radius 3 is 2.50 bits per heavy atom. The van der Waals surface area contributed by atoms with Crippen LogP contribution in [-0.4, -0.2) is 47.9 Å². The molecule has 4 rings (SSSR count). The molecule has 2 heterocycles. The van der Waals surface area contributed by atoms with Gasteiger partial charge in [0, 0.05) is 31.3 Å². The zero-order chi connectivity index (χ0) is 19.7. The van der Waals surface area contributed by atoms with E-state index in [2.05, 4.69) is 0 Å². The van der Waals surface area contributed by atoms with Crippen molar-refractivity contribution < 1.29 is 18.3 Å². The molecule has 6 nitrogen and oxygen atoms in total. The number of para-hydroxylation sites is 1. The van der Waals surface area contributed by atoms with Gasteiger partial charge >= 0.3 is 0 Å². The Balaban J connectivity index is 1.94. The highest BCUT2D eigenvalue weighted by atomic mass is 32.2. The lowest BCUT2D eigenvalue weighted by Crippen LogP contribution is -2.40. The summed E-state index contributed by atoms with van der Waals surface area (Å²) in [6, 6.07) is 17.1. The van der Waals surface area contributed by atoms with E-state index in [1.165, 1.54) is 3.97 Å². The molecule has 0 spiro atoms. The van der Waals surface area contributed by atoms with Gasteiger partial charge in [-0.25, -0.2) is 12.4 Å². The minimum absolute atomic E-state index is 0.0453. The second-order valence-corrected chi connectivity index (χ2v) is 8.77. The summed E-state index contributed by atoms with van der Waals surface area (Å²) in [5.74, 6) is 0.105. The summed E-state index contributed by atoms with van der Waals surface area (Å²) >= 11 is 0. The fraction of sp³-hybridized carbons (Fsp3) is 0.286. The molecule has 1 aliphatic rings. The SMILES string of the molecule is O=C1CCN(CCO)[C@H](c2cc3ccccc3n2S(=O)(=O)c2ccccc2)C1. The Morgan fingerprint density at radius 2 is 1.75 bits per heavy atom. The van der Waals surface area contributed by atoms with Gasteiger partial charge in [-0.1, -0.05) is 36.4 Å². The van der Waals surface area contributed by atoms with Gasteiger partial charge in [0.1, 0.15) is 5.78 Å². The minimum Gasteiger partial charge on any atom is -0.395 e. The Labute approximate surface area is 164 Å². The van der Waals surface area contributed by atoms with Crippen molar-refractivity contribution in [2.75, 3.05) is 19.7 Å². The van der Waals surface area contributed by atoms with Crippen LogP contribution in [0.3, 0.4) is 0 Å². The number of β-amino-alcohol motifs (C(OH)–C–C–N with tert-alkyl or cyclic N) is 1. The molecule has 2 aromatic carbocycles. The standard InChI is InChI=1S/C21H22N2O4S/c24-13-12-22-11-10-17(25)15-20(22)21-14-16-6-4-5-9-19(16)23(21)28(26,27)18-7-2-1-3-8-18/h1-9,14,20,24H,10-13,15H2/t20-/m0/s1. The first-order valence-corrected chi connectivity index (χ1v) is 10.7. The molecule has 0 unspecified atom stereocenters. The Bertz CT molecular complexity index is 1110. The molecule has 7 heteroatoms. The first-order valence-electron chi connectivity index (χ1n) is 9.30. The number of carbonyl (C=O) groups is 1. The first kappa shape index (κ1) is 18.9. The lowest BCUT2D eigenvalue weighted by Gasteiger charge is -2.35. The van der Waals surface area contributed by atoms with E-state index in [0.717, 1.165) is 5.39 Å². The van der Waals surface area contributed by atoms with Crippen molar-refractivity contribution in [2.24, 2.45) is 0 Å². The van der Waals surface area contributed by atoms with Crippen LogP contribution < -0.4 is 0 Å². The summed E-state index contributed by atoms with van der Waals surface area (Å²) in [5.41, 5.74) is 1.15. The number of hydrogen-bond acceptors (Lipinski definition) is 5. The summed E-state index contributed by atoms with van der Waals surface area (Å²) in [5, 5.41) is 10.2. The van der Waals surface area contributed by atoms with Crippen LogP contribution in [0.25, 0.3) is 10.9 Å². The zero-order valence-electron chi connectivity index (χ0n) is 15.4. The van der Waals surface area contributed by atoms with Gasteiger partial charge in [0.05, 0.1) is 28.8 Å². The quantitative estimate of drug-likeness (QED) is 0.715. The average Bonchev–Trinajstić information content (AvgIpc) is 3.10. The van der Waals surface area contributed by atoms with Crippen LogP contribution in [0.1, 0.15) is 24.6 Å². The monoisotopic (exact) mass is 398 g/mol. The Kier molecular flexibility index (Phi) is 5.05. The first-order chi connectivity index (χ1) is 13.5. The van der Waals surface area contributed by atoms with Crippen LogP contribution in [0, 0.1) is 0 Å². The van der Waals surface area contributed by atoms with E-state index in [-0.39, 0.29) is 29.7 Å². The summed E-state index contributed by atoms with van der Waals surface area (Å²) < 4.78 is 28.4. The number of fused-ring (bicyclic) bond motifs is 1. The third-order valence-electron chi connectivity index (χ3n) is 5.24. The van der Waals surface area contributed by atoms with Crippen molar-refractivity contribution in [2.45, 2.75) is 23.8 Å². The molecule has 0 saturated carbocycles. The van der Waals surface area contributed by atoms with Gasteiger partial charge in [0.25, 0.3) is 10.0 Å². The number of piperidine rings is 1. The van der Waals surface area contributed by atoms with Crippen LogP contribution in [-0.2, 0) is 14.8 Å². The number of aliphatic hydroxyl groups excluding tert-OH is 1. The topological polar surface area (TPSA) is 79.6 Å². The summed E-state index contributed by atoms with van der Waals surface area (Å²) in [6.45, 7) is 0.859. The fourth-order valence-electron chi connectivity index (χ4n) is 3.91. The van der Waals surface area contributed by atoms with Crippen LogP contribution in [0.15, 0.2) is 65.6 Å². The van der Waals surface area contributed by atoms with Crippen molar-refractivity contribution in [3.8, 4) is 0 Å². The summed E-state index contributed by atoms with van der Waals surface area (Å²) in [7, 11) is -3.84. The fourth-order valence-corrected chi connectivity index (χ4v) is 5.50. The molecule has 3 aromatic rings. The number of aliphatic hydroxyl groups is 1. The second kappa shape index (κ2) is 7.50. The van der Waals surface area contributed by atoms with Gasteiger partial charge < -0.3 is 5.11 Å². The molecule has 0 amide bonds. The maximum absolute atomic E-state index is 13.5. The number of benzene rings is 2. The molecule has 1 N–H and O–H groups in total. The van der Waals surface area contributed by atoms with E-state index in [1.807, 2.05) is 23.1 Å². The summed E-state index contributed by atoms with van der Waals surface area (Å²) in [6.07, 6.45) is 0.656. The number of carbonyl (C=O) groups excluding carboxylic acids is 1. The van der Waals surface area contributed by atoms with E-state index in [1.54, 1.807) is 42.5 Å². The van der Waals surface area contributed by atoms with Crippen LogP contribution in [0.4, 0.5) is 0 Å². The van der Waals surface area contributed by atoms with Gasteiger partial charge in [-0.05, 0) is 24.3 Å². The van der Waals surface area contributed by atoms with Crippen molar-refractivity contribution in [3.05, 3.63) is 66.4 Å². The molecule has 0 radical (unpaired) electrons. The van der Waals surface area contributed by atoms with Crippen LogP contribution in [0.5, 0.6) is 0 Å². The smallest absolute Gasteiger partial charge is 0.268 e. The number of Topliss-reactive ketones (excluding diaryl/α,β-unsaturated/α-hetero) is 1. The molecule has 146 valence electrons. The molecule has 28 heavy (non-hydrogen) atoms. The molecule has 1 fully saturated rings. The zero-order valence-corrected chi connectivity index (χ0v) is 16.2. The molecule has 1 aromatic heterocycles. The van der Waals surface area contributed by atoms with Crippen LogP contribution in [0.2, 0.25) is 0 Å². The van der Waals surface area contributed by atoms with Crippen molar-refractivity contribution >= 4 is 26.7 Å². The van der Waals surface area contributed by atoms with Gasteiger partial charge in [-0.15, -0.1) is 0 Å². The molecule has 0 bridgehead atoms. The number of likely N-dealkylation sites (tertiary alicyclic amines) is 1. The third-order valence-corrected chi connectivity index (χ3v) is 7.00. The molecule has 1 atom stereocenters. The average molecular weight is 398 g/mol. The van der Waals surface area contributed by atoms with Gasteiger partial charge in [-0.2, -0.15) is 0 Å². The van der Waals surface area contributed by atoms with Crippen molar-refractivity contribution in [3.63, 3.8) is 0 Å². The Hall–Kier alpha value is -2.48. The minimum atomic E-state index is -3.84. The maximum atomic E-state index is 13.5. The predicted octanol–water partition coefficient (Wildman–Crippen LogP) is 2.58. The summed E-state index contributed by atoms with van der Waals surface area (Å²) in [4.78, 5) is 14.4. The van der Waals surface area contributed by atoms with E-state index in [9.17, 15) is 18.3 Å². The lowest BCUT2D eigenvalue weighted by atomic mass is 9.98. The van der Waals surface area contributed by atoms with Crippen molar-refractivity contribution in [1.29, 1.82) is 0 Å². The number of aromatic nitrogens is 1. The highest BCUT2D eigenvalue weighted by molar-refractivity contribution is 7.90. The van der Waals surface area contributed by atoms with E-state index < -0.39 is 10.0 Å². The van der Waals surface area contributed by atoms with Crippen LogP contribution >= 0.6 is 0 Å². The highest BCUT2D eigenvalue weighted by Gasteiger charge is 2.34. The van der Waals surface area contributed by atoms with Gasteiger partial charge in [0.15, 0.2) is 0 Å². The van der Waals surface area contributed by atoms with Gasteiger partial charge in [-0.3, -0.25) is 9.69 Å². The van der Waals surface area contributed by atoms with E-state index in [4.69, 9.17) is 0 Å². The van der Waals surface area contributed by atoms with E-state index in [0.29, 0.717) is 30.7 Å². The molecule has 0 aliphatic carbocycles. The van der Waals surface area contributed by atoms with Crippen molar-refractivity contribution in [1.82, 2.24) is 8.87 Å². The predicted molar refractivity (Wildman–Crippen MR) is 107 cm³/mol. The Morgan fingerprint density at radius 1 is 1.04 bits per heavy atom. The number of hydrogen-bond donors (Lipinski definition) is 1. The number of nitrogens with zero attached hydrogens (tertiary/aromatic N) is 2. The lowest BCUT2D eigenvalue weighted by molar-refractivity contribution is -0.123. The second-order valence-electron chi connectivity index (χ2n) is 6.98. The number of ketones is 1. The van der Waals surface area contributed by atoms with Gasteiger partial charge in [0.2, 0.25) is 0 Å². The molecular weight excluding hydrogens is 376 g/mol. The maximum Gasteiger partial charge on any atom is 0.268 e. The highest BCUT2D eigenvalue weighted by Crippen LogP contribution is 2.35. The molecule has 1 aliphatic heterocycles. The number of rotatable bonds is 5. The normalized spacial score (nSPS) is 18.6. The van der Waals surface area contributed by atoms with E-state index >= 15 is 0 Å². The largest absolute Gasteiger partial charge is 0.395 e.